The molecule has 2 N–H and O–H groups in total. The fourth-order valence-electron chi connectivity index (χ4n) is 2.93. The molecule has 0 aromatic heterocycles. The summed E-state index contributed by atoms with van der Waals surface area (Å²) in [6.07, 6.45) is 5.82. The molecule has 0 aliphatic heterocycles. The zero-order valence-corrected chi connectivity index (χ0v) is 12.8. The monoisotopic (exact) mass is 295 g/mol. The van der Waals surface area contributed by atoms with Crippen LogP contribution in [0.4, 0.5) is 4.39 Å². The van der Waals surface area contributed by atoms with Crippen molar-refractivity contribution in [3.63, 3.8) is 0 Å². The van der Waals surface area contributed by atoms with E-state index in [0.717, 1.165) is 6.54 Å². The summed E-state index contributed by atoms with van der Waals surface area (Å²) in [5.74, 6) is -0.205. The van der Waals surface area contributed by atoms with E-state index in [9.17, 15) is 9.50 Å². The lowest BCUT2D eigenvalue weighted by Crippen LogP contribution is -2.39. The molecule has 2 rings (SSSR count). The third-order valence-corrected chi connectivity index (χ3v) is 4.26. The van der Waals surface area contributed by atoms with E-state index >= 15 is 0 Å². The van der Waals surface area contributed by atoms with Gasteiger partial charge in [0.1, 0.15) is 12.7 Å². The lowest BCUT2D eigenvalue weighted by Gasteiger charge is -2.34. The van der Waals surface area contributed by atoms with Crippen molar-refractivity contribution >= 4 is 0 Å². The van der Waals surface area contributed by atoms with Gasteiger partial charge in [0, 0.05) is 13.1 Å². The molecule has 0 saturated heterocycles. The minimum Gasteiger partial charge on any atom is -0.488 e. The van der Waals surface area contributed by atoms with Crippen molar-refractivity contribution < 1.29 is 14.2 Å². The van der Waals surface area contributed by atoms with Crippen LogP contribution in [0.2, 0.25) is 0 Å². The van der Waals surface area contributed by atoms with E-state index in [1.165, 1.54) is 38.2 Å². The van der Waals surface area contributed by atoms with Crippen molar-refractivity contribution in [1.29, 1.82) is 0 Å². The van der Waals surface area contributed by atoms with E-state index in [-0.39, 0.29) is 12.4 Å². The average molecular weight is 295 g/mol. The summed E-state index contributed by atoms with van der Waals surface area (Å²) in [7, 11) is 0. The molecular formula is C17H26FNO2. The van der Waals surface area contributed by atoms with E-state index in [1.807, 2.05) is 0 Å². The number of nitrogens with one attached hydrogen (secondary N) is 1. The standard InChI is InChI=1S/C17H26FNO2/c1-17(9-5-2-6-10-17)13-19-11-14(20)12-21-16-8-4-3-7-15(16)18/h3-4,7-8,14,19-20H,2,5-6,9-13H2,1H3. The average Bonchev–Trinajstić information content (AvgIpc) is 2.47. The predicted molar refractivity (Wildman–Crippen MR) is 82.0 cm³/mol. The Hall–Kier alpha value is -1.13. The maximum absolute atomic E-state index is 13.4. The number of para-hydroxylation sites is 1. The van der Waals surface area contributed by atoms with Crippen LogP contribution in [-0.2, 0) is 0 Å². The Balaban J connectivity index is 1.65. The highest BCUT2D eigenvalue weighted by atomic mass is 19.1. The third-order valence-electron chi connectivity index (χ3n) is 4.26. The quantitative estimate of drug-likeness (QED) is 0.812. The Kier molecular flexibility index (Phi) is 6.00. The predicted octanol–water partition coefficient (Wildman–Crippen LogP) is 3.13. The molecule has 3 nitrogen and oxygen atoms in total. The van der Waals surface area contributed by atoms with Crippen molar-refractivity contribution in [3.05, 3.63) is 30.1 Å². The number of hydrogen-bond acceptors (Lipinski definition) is 3. The number of halogens is 1. The first-order valence-electron chi connectivity index (χ1n) is 7.85. The van der Waals surface area contributed by atoms with Crippen LogP contribution in [0.3, 0.4) is 0 Å². The highest BCUT2D eigenvalue weighted by Gasteiger charge is 2.26. The van der Waals surface area contributed by atoms with Gasteiger partial charge < -0.3 is 15.2 Å². The van der Waals surface area contributed by atoms with E-state index in [0.29, 0.717) is 12.0 Å². The van der Waals surface area contributed by atoms with Gasteiger partial charge in [0.15, 0.2) is 11.6 Å². The molecule has 1 unspecified atom stereocenters. The number of aliphatic hydroxyl groups is 1. The third kappa shape index (κ3) is 5.29. The molecule has 21 heavy (non-hydrogen) atoms. The molecule has 118 valence electrons. The van der Waals surface area contributed by atoms with Crippen molar-refractivity contribution in [2.45, 2.75) is 45.1 Å². The van der Waals surface area contributed by atoms with Gasteiger partial charge in [0.2, 0.25) is 0 Å². The van der Waals surface area contributed by atoms with E-state index in [1.54, 1.807) is 18.2 Å². The molecule has 0 bridgehead atoms. The van der Waals surface area contributed by atoms with Gasteiger partial charge in [-0.25, -0.2) is 4.39 Å². The number of aliphatic hydroxyl groups excluding tert-OH is 1. The fourth-order valence-corrected chi connectivity index (χ4v) is 2.93. The van der Waals surface area contributed by atoms with Crippen molar-refractivity contribution in [2.24, 2.45) is 5.41 Å². The Bertz CT molecular complexity index is 433. The van der Waals surface area contributed by atoms with Crippen LogP contribution in [0.5, 0.6) is 5.75 Å². The second-order valence-corrected chi connectivity index (χ2v) is 6.40. The van der Waals surface area contributed by atoms with E-state index in [4.69, 9.17) is 4.74 Å². The highest BCUT2D eigenvalue weighted by Crippen LogP contribution is 2.34. The molecule has 1 saturated carbocycles. The number of hydrogen-bond donors (Lipinski definition) is 2. The Morgan fingerprint density at radius 1 is 1.29 bits per heavy atom. The van der Waals surface area contributed by atoms with Gasteiger partial charge >= 0.3 is 0 Å². The topological polar surface area (TPSA) is 41.5 Å². The maximum Gasteiger partial charge on any atom is 0.165 e. The Morgan fingerprint density at radius 2 is 2.00 bits per heavy atom. The minimum atomic E-state index is -0.628. The van der Waals surface area contributed by atoms with Gasteiger partial charge in [-0.05, 0) is 30.4 Å². The van der Waals surface area contributed by atoms with Crippen molar-refractivity contribution in [1.82, 2.24) is 5.32 Å². The van der Waals surface area contributed by atoms with Gasteiger partial charge in [-0.3, -0.25) is 0 Å². The van der Waals surface area contributed by atoms with Crippen LogP contribution in [0.1, 0.15) is 39.0 Å². The second-order valence-electron chi connectivity index (χ2n) is 6.40. The van der Waals surface area contributed by atoms with Crippen LogP contribution in [0.15, 0.2) is 24.3 Å². The number of rotatable bonds is 7. The summed E-state index contributed by atoms with van der Waals surface area (Å²) in [4.78, 5) is 0. The summed E-state index contributed by atoms with van der Waals surface area (Å²) >= 11 is 0. The molecule has 0 amide bonds. The summed E-state index contributed by atoms with van der Waals surface area (Å²) in [6.45, 7) is 3.81. The molecule has 1 aromatic carbocycles. The molecule has 0 heterocycles. The Morgan fingerprint density at radius 3 is 2.71 bits per heavy atom. The summed E-state index contributed by atoms with van der Waals surface area (Å²) in [5.41, 5.74) is 0.352. The van der Waals surface area contributed by atoms with Gasteiger partial charge in [-0.15, -0.1) is 0 Å². The number of ether oxygens (including phenoxy) is 1. The maximum atomic E-state index is 13.4. The molecule has 1 aliphatic rings. The van der Waals surface area contributed by atoms with Gasteiger partial charge in [-0.2, -0.15) is 0 Å². The van der Waals surface area contributed by atoms with Gasteiger partial charge in [0.05, 0.1) is 0 Å². The van der Waals surface area contributed by atoms with Crippen LogP contribution < -0.4 is 10.1 Å². The molecule has 1 aliphatic carbocycles. The lowest BCUT2D eigenvalue weighted by molar-refractivity contribution is 0.0982. The lowest BCUT2D eigenvalue weighted by atomic mass is 9.76. The van der Waals surface area contributed by atoms with Crippen LogP contribution in [-0.4, -0.2) is 30.9 Å². The van der Waals surface area contributed by atoms with Gasteiger partial charge in [-0.1, -0.05) is 38.3 Å². The zero-order chi connectivity index (χ0) is 15.1. The summed E-state index contributed by atoms with van der Waals surface area (Å²) < 4.78 is 18.7. The SMILES string of the molecule is CC1(CNCC(O)COc2ccccc2F)CCCCC1. The highest BCUT2D eigenvalue weighted by molar-refractivity contribution is 5.23. The normalized spacial score (nSPS) is 19.2. The smallest absolute Gasteiger partial charge is 0.165 e. The second kappa shape index (κ2) is 7.76. The van der Waals surface area contributed by atoms with E-state index < -0.39 is 11.9 Å². The molecule has 0 spiro atoms. The molecule has 1 fully saturated rings. The largest absolute Gasteiger partial charge is 0.488 e. The van der Waals surface area contributed by atoms with Crippen molar-refractivity contribution in [3.8, 4) is 5.75 Å². The first-order chi connectivity index (χ1) is 10.1. The Labute approximate surface area is 126 Å². The molecule has 4 heteroatoms. The van der Waals surface area contributed by atoms with Crippen molar-refractivity contribution in [2.75, 3.05) is 19.7 Å². The fraction of sp³-hybridized carbons (Fsp3) is 0.647. The van der Waals surface area contributed by atoms with Gasteiger partial charge in [0.25, 0.3) is 0 Å². The molecule has 0 radical (unpaired) electrons. The minimum absolute atomic E-state index is 0.102. The van der Waals surface area contributed by atoms with Crippen LogP contribution in [0, 0.1) is 11.2 Å². The number of benzene rings is 1. The summed E-state index contributed by atoms with van der Waals surface area (Å²) in [6, 6.07) is 6.25. The molecular weight excluding hydrogens is 269 g/mol. The molecule has 1 aromatic rings. The van der Waals surface area contributed by atoms with Crippen LogP contribution in [0.25, 0.3) is 0 Å². The first kappa shape index (κ1) is 16.2. The van der Waals surface area contributed by atoms with Crippen LogP contribution >= 0.6 is 0 Å². The molecule has 1 atom stereocenters. The summed E-state index contributed by atoms with van der Waals surface area (Å²) in [5, 5.41) is 13.2. The van der Waals surface area contributed by atoms with E-state index in [2.05, 4.69) is 12.2 Å². The first-order valence-corrected chi connectivity index (χ1v) is 7.85. The zero-order valence-electron chi connectivity index (χ0n) is 12.8.